The number of hydrogen-bond acceptors (Lipinski definition) is 5. The van der Waals surface area contributed by atoms with E-state index < -0.39 is 0 Å². The van der Waals surface area contributed by atoms with E-state index in [1.54, 1.807) is 25.4 Å². The van der Waals surface area contributed by atoms with Crippen LogP contribution in [0.4, 0.5) is 15.9 Å². The predicted molar refractivity (Wildman–Crippen MR) is 90.1 cm³/mol. The Balaban J connectivity index is 1.87. The van der Waals surface area contributed by atoms with E-state index in [-0.39, 0.29) is 11.6 Å². The number of anilines is 2. The van der Waals surface area contributed by atoms with Gasteiger partial charge in [0.25, 0.3) is 0 Å². The third-order valence-electron chi connectivity index (χ3n) is 3.77. The number of fused-ring (bicyclic) bond motifs is 1. The molecule has 1 aliphatic heterocycles. The standard InChI is InChI=1S/C17H18FN5/c1-12(10-19-2)22-17-16(18)15(5-8-21-17)23-9-6-14-13(11-23)4-3-7-20-14/h3-5,7-8,10H,2,6,9,11H2,1H3,(H,21,22)/b12-10+. The molecule has 6 heteroatoms. The zero-order valence-electron chi connectivity index (χ0n) is 13.0. The van der Waals surface area contributed by atoms with Gasteiger partial charge in [0.1, 0.15) is 0 Å². The Bertz CT molecular complexity index is 756. The maximum atomic E-state index is 14.8. The molecule has 0 amide bonds. The van der Waals surface area contributed by atoms with Gasteiger partial charge < -0.3 is 10.2 Å². The average molecular weight is 311 g/mol. The fourth-order valence-corrected chi connectivity index (χ4v) is 2.69. The lowest BCUT2D eigenvalue weighted by atomic mass is 10.1. The molecule has 2 aromatic heterocycles. The van der Waals surface area contributed by atoms with Crippen molar-refractivity contribution in [3.05, 3.63) is 59.6 Å². The van der Waals surface area contributed by atoms with E-state index in [4.69, 9.17) is 0 Å². The van der Waals surface area contributed by atoms with Crippen LogP contribution in [0.25, 0.3) is 0 Å². The maximum Gasteiger partial charge on any atom is 0.189 e. The van der Waals surface area contributed by atoms with Crippen LogP contribution in [0.1, 0.15) is 18.2 Å². The van der Waals surface area contributed by atoms with E-state index in [0.717, 1.165) is 24.2 Å². The molecule has 0 unspecified atom stereocenters. The van der Waals surface area contributed by atoms with Gasteiger partial charge in [0.05, 0.1) is 5.69 Å². The number of nitrogens with zero attached hydrogens (tertiary/aromatic N) is 4. The van der Waals surface area contributed by atoms with Gasteiger partial charge in [-0.05, 0) is 31.3 Å². The summed E-state index contributed by atoms with van der Waals surface area (Å²) in [5.41, 5.74) is 3.44. The molecule has 5 nitrogen and oxygen atoms in total. The minimum atomic E-state index is -0.364. The topological polar surface area (TPSA) is 53.4 Å². The van der Waals surface area contributed by atoms with Crippen LogP contribution in [0.15, 0.2) is 47.5 Å². The highest BCUT2D eigenvalue weighted by Gasteiger charge is 2.21. The van der Waals surface area contributed by atoms with Crippen molar-refractivity contribution in [2.24, 2.45) is 4.99 Å². The van der Waals surface area contributed by atoms with Crippen LogP contribution in [0.2, 0.25) is 0 Å². The summed E-state index contributed by atoms with van der Waals surface area (Å²) in [6.07, 6.45) is 5.73. The van der Waals surface area contributed by atoms with E-state index in [1.165, 1.54) is 6.20 Å². The first kappa shape index (κ1) is 15.1. The second-order valence-corrected chi connectivity index (χ2v) is 5.39. The minimum absolute atomic E-state index is 0.192. The highest BCUT2D eigenvalue weighted by Crippen LogP contribution is 2.28. The molecule has 0 fully saturated rings. The lowest BCUT2D eigenvalue weighted by Crippen LogP contribution is -2.31. The summed E-state index contributed by atoms with van der Waals surface area (Å²) in [4.78, 5) is 14.1. The third kappa shape index (κ3) is 3.21. The van der Waals surface area contributed by atoms with Gasteiger partial charge in [0.15, 0.2) is 11.6 Å². The van der Waals surface area contributed by atoms with Gasteiger partial charge in [-0.1, -0.05) is 6.07 Å². The number of aromatic nitrogens is 2. The average Bonchev–Trinajstić information content (AvgIpc) is 2.56. The van der Waals surface area contributed by atoms with Gasteiger partial charge in [-0.25, -0.2) is 9.37 Å². The van der Waals surface area contributed by atoms with Gasteiger partial charge in [-0.2, -0.15) is 0 Å². The van der Waals surface area contributed by atoms with Crippen LogP contribution in [-0.4, -0.2) is 23.2 Å². The Hall–Kier alpha value is -2.76. The molecule has 0 aliphatic carbocycles. The van der Waals surface area contributed by atoms with E-state index in [9.17, 15) is 4.39 Å². The van der Waals surface area contributed by atoms with Crippen molar-refractivity contribution in [3.63, 3.8) is 0 Å². The SMILES string of the molecule is C=N/C=C(\C)Nc1nccc(N2CCc3ncccc3C2)c1F. The number of halogens is 1. The zero-order valence-corrected chi connectivity index (χ0v) is 13.0. The molecule has 0 bridgehead atoms. The van der Waals surface area contributed by atoms with Crippen molar-refractivity contribution >= 4 is 18.2 Å². The monoisotopic (exact) mass is 311 g/mol. The molecule has 0 aromatic carbocycles. The summed E-state index contributed by atoms with van der Waals surface area (Å²) in [5.74, 6) is -0.173. The molecular formula is C17H18FN5. The molecule has 23 heavy (non-hydrogen) atoms. The molecule has 0 spiro atoms. The molecule has 3 rings (SSSR count). The lowest BCUT2D eigenvalue weighted by molar-refractivity contribution is 0.606. The summed E-state index contributed by atoms with van der Waals surface area (Å²) < 4.78 is 14.8. The highest BCUT2D eigenvalue weighted by molar-refractivity contribution is 5.58. The van der Waals surface area contributed by atoms with Gasteiger partial charge in [0, 0.05) is 49.5 Å². The first-order valence-electron chi connectivity index (χ1n) is 7.41. The van der Waals surface area contributed by atoms with Crippen molar-refractivity contribution in [2.75, 3.05) is 16.8 Å². The summed E-state index contributed by atoms with van der Waals surface area (Å²) in [7, 11) is 0. The van der Waals surface area contributed by atoms with Gasteiger partial charge in [0.2, 0.25) is 0 Å². The number of nitrogens with one attached hydrogen (secondary N) is 1. The lowest BCUT2D eigenvalue weighted by Gasteiger charge is -2.30. The van der Waals surface area contributed by atoms with Crippen LogP contribution in [0, 0.1) is 5.82 Å². The molecule has 3 heterocycles. The molecule has 118 valence electrons. The van der Waals surface area contributed by atoms with E-state index in [0.29, 0.717) is 17.9 Å². The Morgan fingerprint density at radius 2 is 2.26 bits per heavy atom. The van der Waals surface area contributed by atoms with E-state index in [1.807, 2.05) is 17.0 Å². The molecule has 0 atom stereocenters. The normalized spacial score (nSPS) is 14.3. The van der Waals surface area contributed by atoms with Crippen LogP contribution in [-0.2, 0) is 13.0 Å². The number of pyridine rings is 2. The first-order chi connectivity index (χ1) is 11.2. The van der Waals surface area contributed by atoms with Crippen LogP contribution in [0.5, 0.6) is 0 Å². The quantitative estimate of drug-likeness (QED) is 0.881. The largest absolute Gasteiger partial charge is 0.364 e. The summed E-state index contributed by atoms with van der Waals surface area (Å²) in [6.45, 7) is 6.54. The molecule has 0 saturated carbocycles. The molecule has 2 aromatic rings. The van der Waals surface area contributed by atoms with Gasteiger partial charge >= 0.3 is 0 Å². The second kappa shape index (κ2) is 6.56. The Labute approximate surface area is 134 Å². The molecular weight excluding hydrogens is 293 g/mol. The second-order valence-electron chi connectivity index (χ2n) is 5.39. The molecule has 1 N–H and O–H groups in total. The van der Waals surface area contributed by atoms with Gasteiger partial charge in [-0.15, -0.1) is 0 Å². The summed E-state index contributed by atoms with van der Waals surface area (Å²) >= 11 is 0. The third-order valence-corrected chi connectivity index (χ3v) is 3.77. The highest BCUT2D eigenvalue weighted by atomic mass is 19.1. The molecule has 0 saturated heterocycles. The Morgan fingerprint density at radius 3 is 3.09 bits per heavy atom. The van der Waals surface area contributed by atoms with Crippen molar-refractivity contribution in [1.82, 2.24) is 9.97 Å². The Morgan fingerprint density at radius 1 is 1.39 bits per heavy atom. The Kier molecular flexibility index (Phi) is 4.32. The molecule has 1 aliphatic rings. The van der Waals surface area contributed by atoms with Crippen molar-refractivity contribution in [3.8, 4) is 0 Å². The predicted octanol–water partition coefficient (Wildman–Crippen LogP) is 3.15. The smallest absolute Gasteiger partial charge is 0.189 e. The van der Waals surface area contributed by atoms with E-state index >= 15 is 0 Å². The van der Waals surface area contributed by atoms with Crippen LogP contribution >= 0.6 is 0 Å². The number of allylic oxidation sites excluding steroid dienone is 1. The minimum Gasteiger partial charge on any atom is -0.364 e. The van der Waals surface area contributed by atoms with Crippen molar-refractivity contribution < 1.29 is 4.39 Å². The number of hydrogen-bond donors (Lipinski definition) is 1. The van der Waals surface area contributed by atoms with Crippen LogP contribution < -0.4 is 10.2 Å². The van der Waals surface area contributed by atoms with E-state index in [2.05, 4.69) is 27.0 Å². The zero-order chi connectivity index (χ0) is 16.2. The van der Waals surface area contributed by atoms with Crippen molar-refractivity contribution in [2.45, 2.75) is 19.9 Å². The fourth-order valence-electron chi connectivity index (χ4n) is 2.69. The number of aliphatic imine (C=N–C) groups is 1. The number of rotatable bonds is 4. The fraction of sp³-hybridized carbons (Fsp3) is 0.235. The van der Waals surface area contributed by atoms with Crippen LogP contribution in [0.3, 0.4) is 0 Å². The maximum absolute atomic E-state index is 14.8. The summed E-state index contributed by atoms with van der Waals surface area (Å²) in [5, 5.41) is 2.91. The first-order valence-corrected chi connectivity index (χ1v) is 7.41. The summed E-state index contributed by atoms with van der Waals surface area (Å²) in [6, 6.07) is 5.65. The van der Waals surface area contributed by atoms with Crippen molar-refractivity contribution in [1.29, 1.82) is 0 Å². The van der Waals surface area contributed by atoms with Gasteiger partial charge in [-0.3, -0.25) is 9.98 Å². The molecule has 0 radical (unpaired) electrons.